The molecule has 0 saturated carbocycles. The second-order valence-corrected chi connectivity index (χ2v) is 6.30. The largest absolute Gasteiger partial charge is 0.340 e. The highest BCUT2D eigenvalue weighted by Crippen LogP contribution is 2.10. The number of nitrogens with zero attached hydrogens (tertiary/aromatic N) is 3. The molecule has 1 aliphatic rings. The highest BCUT2D eigenvalue weighted by atomic mass is 19.1. The lowest BCUT2D eigenvalue weighted by Crippen LogP contribution is -2.38. The fourth-order valence-corrected chi connectivity index (χ4v) is 3.06. The van der Waals surface area contributed by atoms with E-state index in [1.54, 1.807) is 30.5 Å². The van der Waals surface area contributed by atoms with Crippen molar-refractivity contribution in [2.45, 2.75) is 19.5 Å². The Balaban J connectivity index is 1.55. The number of pyridine rings is 1. The normalized spacial score (nSPS) is 15.8. The number of hydrogen-bond acceptors (Lipinski definition) is 3. The van der Waals surface area contributed by atoms with Gasteiger partial charge in [-0.2, -0.15) is 0 Å². The molecule has 2 heterocycles. The minimum atomic E-state index is -0.229. The Morgan fingerprint density at radius 3 is 2.56 bits per heavy atom. The molecule has 6 heteroatoms. The third kappa shape index (κ3) is 4.76. The van der Waals surface area contributed by atoms with Crippen molar-refractivity contribution in [3.63, 3.8) is 0 Å². The molecule has 132 valence electrons. The van der Waals surface area contributed by atoms with Crippen LogP contribution in [0.25, 0.3) is 0 Å². The van der Waals surface area contributed by atoms with Crippen LogP contribution in [0.4, 0.5) is 4.39 Å². The molecule has 0 spiro atoms. The van der Waals surface area contributed by atoms with Crippen LogP contribution in [0.3, 0.4) is 0 Å². The van der Waals surface area contributed by atoms with Gasteiger partial charge in [0.1, 0.15) is 12.4 Å². The number of rotatable bonds is 4. The van der Waals surface area contributed by atoms with Crippen LogP contribution in [0.1, 0.15) is 12.0 Å². The monoisotopic (exact) mass is 343 g/mol. The Bertz CT molecular complexity index is 773. The van der Waals surface area contributed by atoms with Crippen LogP contribution in [0.5, 0.6) is 0 Å². The van der Waals surface area contributed by atoms with Crippen molar-refractivity contribution in [3.05, 3.63) is 70.4 Å². The molecule has 0 unspecified atom stereocenters. The van der Waals surface area contributed by atoms with Crippen LogP contribution in [0.15, 0.2) is 53.5 Å². The van der Waals surface area contributed by atoms with Crippen LogP contribution in [-0.4, -0.2) is 46.5 Å². The van der Waals surface area contributed by atoms with Crippen molar-refractivity contribution in [2.75, 3.05) is 26.2 Å². The van der Waals surface area contributed by atoms with Gasteiger partial charge in [-0.3, -0.25) is 14.5 Å². The Morgan fingerprint density at radius 1 is 1.00 bits per heavy atom. The fourth-order valence-electron chi connectivity index (χ4n) is 3.06. The van der Waals surface area contributed by atoms with E-state index < -0.39 is 0 Å². The summed E-state index contributed by atoms with van der Waals surface area (Å²) < 4.78 is 14.4. The highest BCUT2D eigenvalue weighted by molar-refractivity contribution is 5.76. The summed E-state index contributed by atoms with van der Waals surface area (Å²) >= 11 is 0. The van der Waals surface area contributed by atoms with Crippen molar-refractivity contribution < 1.29 is 9.18 Å². The van der Waals surface area contributed by atoms with E-state index in [9.17, 15) is 14.0 Å². The van der Waals surface area contributed by atoms with Crippen molar-refractivity contribution >= 4 is 5.91 Å². The third-order valence-corrected chi connectivity index (χ3v) is 4.47. The van der Waals surface area contributed by atoms with E-state index in [0.717, 1.165) is 31.6 Å². The van der Waals surface area contributed by atoms with Gasteiger partial charge in [0.15, 0.2) is 0 Å². The lowest BCUT2D eigenvalue weighted by atomic mass is 10.2. The first-order chi connectivity index (χ1) is 12.1. The van der Waals surface area contributed by atoms with Crippen LogP contribution >= 0.6 is 0 Å². The van der Waals surface area contributed by atoms with E-state index >= 15 is 0 Å². The molecule has 1 aromatic carbocycles. The molecule has 1 saturated heterocycles. The van der Waals surface area contributed by atoms with Gasteiger partial charge < -0.3 is 9.47 Å². The summed E-state index contributed by atoms with van der Waals surface area (Å²) in [6.07, 6.45) is 2.52. The summed E-state index contributed by atoms with van der Waals surface area (Å²) in [6.45, 7) is 3.83. The van der Waals surface area contributed by atoms with Gasteiger partial charge in [-0.25, -0.2) is 4.39 Å². The third-order valence-electron chi connectivity index (χ3n) is 4.47. The molecule has 5 nitrogen and oxygen atoms in total. The summed E-state index contributed by atoms with van der Waals surface area (Å²) in [6, 6.07) is 11.4. The molecule has 0 N–H and O–H groups in total. The first-order valence-electron chi connectivity index (χ1n) is 8.52. The standard InChI is InChI=1S/C19H22FN3O2/c20-17-7-5-16(6-8-17)14-21-9-3-11-22(13-12-21)19(25)15-23-10-2-1-4-18(23)24/h1-2,4-8,10H,3,9,11-15H2. The van der Waals surface area contributed by atoms with Crippen LogP contribution in [0, 0.1) is 5.82 Å². The topological polar surface area (TPSA) is 45.6 Å². The quantitative estimate of drug-likeness (QED) is 0.849. The predicted molar refractivity (Wildman–Crippen MR) is 93.6 cm³/mol. The van der Waals surface area contributed by atoms with Gasteiger partial charge in [0, 0.05) is 45.0 Å². The number of amides is 1. The van der Waals surface area contributed by atoms with E-state index in [4.69, 9.17) is 0 Å². The summed E-state index contributed by atoms with van der Waals surface area (Å²) in [4.78, 5) is 28.3. The zero-order chi connectivity index (χ0) is 17.6. The number of halogens is 1. The minimum Gasteiger partial charge on any atom is -0.340 e. The Hall–Kier alpha value is -2.47. The van der Waals surface area contributed by atoms with Gasteiger partial charge in [-0.05, 0) is 30.2 Å². The average molecular weight is 343 g/mol. The molecule has 0 bridgehead atoms. The zero-order valence-corrected chi connectivity index (χ0v) is 14.1. The second-order valence-electron chi connectivity index (χ2n) is 6.30. The number of carbonyl (C=O) groups is 1. The molecule has 2 aromatic rings. The van der Waals surface area contributed by atoms with Crippen LogP contribution in [-0.2, 0) is 17.9 Å². The number of benzene rings is 1. The summed E-state index contributed by atoms with van der Waals surface area (Å²) in [5.41, 5.74) is 0.903. The Kier molecular flexibility index (Phi) is 5.60. The molecule has 1 aromatic heterocycles. The molecule has 1 fully saturated rings. The van der Waals surface area contributed by atoms with E-state index in [1.807, 2.05) is 4.90 Å². The van der Waals surface area contributed by atoms with E-state index in [2.05, 4.69) is 4.90 Å². The van der Waals surface area contributed by atoms with Crippen LogP contribution in [0.2, 0.25) is 0 Å². The maximum absolute atomic E-state index is 13.0. The molecular formula is C19H22FN3O2. The molecule has 25 heavy (non-hydrogen) atoms. The highest BCUT2D eigenvalue weighted by Gasteiger charge is 2.19. The fraction of sp³-hybridized carbons (Fsp3) is 0.368. The van der Waals surface area contributed by atoms with Gasteiger partial charge in [-0.15, -0.1) is 0 Å². The van der Waals surface area contributed by atoms with Gasteiger partial charge >= 0.3 is 0 Å². The molecule has 0 atom stereocenters. The second kappa shape index (κ2) is 8.07. The van der Waals surface area contributed by atoms with Gasteiger partial charge in [0.2, 0.25) is 5.91 Å². The molecule has 0 aliphatic carbocycles. The lowest BCUT2D eigenvalue weighted by molar-refractivity contribution is -0.131. The molecule has 3 rings (SSSR count). The van der Waals surface area contributed by atoms with Crippen molar-refractivity contribution in [2.24, 2.45) is 0 Å². The van der Waals surface area contributed by atoms with Crippen molar-refractivity contribution in [1.82, 2.24) is 14.4 Å². The molecule has 1 aliphatic heterocycles. The summed E-state index contributed by atoms with van der Waals surface area (Å²) in [7, 11) is 0. The smallest absolute Gasteiger partial charge is 0.250 e. The first-order valence-corrected chi connectivity index (χ1v) is 8.52. The zero-order valence-electron chi connectivity index (χ0n) is 14.1. The maximum Gasteiger partial charge on any atom is 0.250 e. The van der Waals surface area contributed by atoms with E-state index in [-0.39, 0.29) is 23.8 Å². The van der Waals surface area contributed by atoms with Gasteiger partial charge in [0.05, 0.1) is 0 Å². The maximum atomic E-state index is 13.0. The van der Waals surface area contributed by atoms with Crippen LogP contribution < -0.4 is 5.56 Å². The minimum absolute atomic E-state index is 0.0306. The Morgan fingerprint density at radius 2 is 1.80 bits per heavy atom. The SMILES string of the molecule is O=C(Cn1ccccc1=O)N1CCCN(Cc2ccc(F)cc2)CC1. The van der Waals surface area contributed by atoms with Gasteiger partial charge in [0.25, 0.3) is 5.56 Å². The Labute approximate surface area is 146 Å². The molecule has 1 amide bonds. The lowest BCUT2D eigenvalue weighted by Gasteiger charge is -2.22. The van der Waals surface area contributed by atoms with E-state index in [1.165, 1.54) is 22.8 Å². The molecular weight excluding hydrogens is 321 g/mol. The van der Waals surface area contributed by atoms with E-state index in [0.29, 0.717) is 13.1 Å². The first kappa shape index (κ1) is 17.4. The number of aromatic nitrogens is 1. The number of hydrogen-bond donors (Lipinski definition) is 0. The van der Waals surface area contributed by atoms with Crippen molar-refractivity contribution in [1.29, 1.82) is 0 Å². The van der Waals surface area contributed by atoms with Gasteiger partial charge in [-0.1, -0.05) is 18.2 Å². The summed E-state index contributed by atoms with van der Waals surface area (Å²) in [5, 5.41) is 0. The summed E-state index contributed by atoms with van der Waals surface area (Å²) in [5.74, 6) is -0.260. The number of carbonyl (C=O) groups excluding carboxylic acids is 1. The average Bonchev–Trinajstić information content (AvgIpc) is 2.85. The predicted octanol–water partition coefficient (Wildman–Crippen LogP) is 1.72. The molecule has 0 radical (unpaired) electrons. The van der Waals surface area contributed by atoms with Crippen molar-refractivity contribution in [3.8, 4) is 0 Å².